The minimum Gasteiger partial charge on any atom is -0.496 e. The third-order valence-electron chi connectivity index (χ3n) is 6.83. The van der Waals surface area contributed by atoms with Gasteiger partial charge in [-0.3, -0.25) is 9.59 Å². The van der Waals surface area contributed by atoms with E-state index >= 15 is 0 Å². The highest BCUT2D eigenvalue weighted by Crippen LogP contribution is 2.44. The highest BCUT2D eigenvalue weighted by atomic mass is 32.2. The van der Waals surface area contributed by atoms with Crippen LogP contribution in [-0.2, 0) is 25.7 Å². The smallest absolute Gasteiger partial charge is 0.303 e. The third-order valence-corrected chi connectivity index (χ3v) is 7.98. The van der Waals surface area contributed by atoms with Gasteiger partial charge in [-0.15, -0.1) is 11.8 Å². The molecule has 1 heterocycles. The van der Waals surface area contributed by atoms with Crippen LogP contribution >= 0.6 is 11.8 Å². The highest BCUT2D eigenvalue weighted by Gasteiger charge is 2.38. The number of hydrogen-bond donors (Lipinski definition) is 3. The predicted molar refractivity (Wildman–Crippen MR) is 153 cm³/mol. The number of aliphatic carboxylic acids is 1. The normalized spacial score (nSPS) is 20.6. The number of aliphatic hydroxyl groups excluding tert-OH is 1. The molecule has 8 nitrogen and oxygen atoms in total. The predicted octanol–water partition coefficient (Wildman–Crippen LogP) is 5.96. The number of nitrogens with one attached hydrogen (secondary N) is 1. The molecule has 9 heteroatoms. The van der Waals surface area contributed by atoms with Crippen LogP contribution in [0.25, 0.3) is 0 Å². The van der Waals surface area contributed by atoms with Crippen molar-refractivity contribution in [2.75, 3.05) is 18.2 Å². The molecule has 0 saturated carbocycles. The van der Waals surface area contributed by atoms with Crippen LogP contribution in [0.3, 0.4) is 0 Å². The maximum atomic E-state index is 12.3. The summed E-state index contributed by atoms with van der Waals surface area (Å²) in [5, 5.41) is 21.1. The zero-order chi connectivity index (χ0) is 28.5. The Morgan fingerprint density at radius 3 is 2.48 bits per heavy atom. The van der Waals surface area contributed by atoms with Gasteiger partial charge in [0.15, 0.2) is 6.29 Å². The Morgan fingerprint density at radius 1 is 0.975 bits per heavy atom. The number of rotatable bonds is 12. The number of carbonyl (C=O) groups is 2. The molecule has 3 N–H and O–H groups in total. The van der Waals surface area contributed by atoms with Gasteiger partial charge in [0.1, 0.15) is 5.75 Å². The molecule has 0 spiro atoms. The van der Waals surface area contributed by atoms with Crippen molar-refractivity contribution in [3.63, 3.8) is 0 Å². The molecule has 212 valence electrons. The van der Waals surface area contributed by atoms with Crippen molar-refractivity contribution in [3.8, 4) is 5.75 Å². The number of anilines is 1. The van der Waals surface area contributed by atoms with E-state index in [2.05, 4.69) is 12.2 Å². The molecule has 40 heavy (non-hydrogen) atoms. The second kappa shape index (κ2) is 14.3. The Balaban J connectivity index is 1.54. The van der Waals surface area contributed by atoms with Gasteiger partial charge in [0.2, 0.25) is 5.91 Å². The number of methoxy groups -OCH3 is 1. The quantitative estimate of drug-likeness (QED) is 0.230. The molecule has 0 radical (unpaired) electrons. The minimum atomic E-state index is -0.922. The van der Waals surface area contributed by atoms with E-state index in [9.17, 15) is 14.7 Å². The SMILES string of the molecule is COc1ccccc1SCC1OC(c2cccc(NC(=O)CCCC(=O)O)c2)OC(c2ccc(CO)cc2)C1C. The number of carboxylic acids is 1. The molecule has 4 atom stereocenters. The van der Waals surface area contributed by atoms with Crippen LogP contribution in [0.1, 0.15) is 55.3 Å². The van der Waals surface area contributed by atoms with Gasteiger partial charge < -0.3 is 29.7 Å². The number of aliphatic hydroxyl groups is 1. The van der Waals surface area contributed by atoms with Gasteiger partial charge in [-0.05, 0) is 41.8 Å². The van der Waals surface area contributed by atoms with Gasteiger partial charge in [-0.1, -0.05) is 55.5 Å². The molecular weight excluding hydrogens is 530 g/mol. The van der Waals surface area contributed by atoms with Crippen LogP contribution in [0.5, 0.6) is 5.75 Å². The maximum absolute atomic E-state index is 12.3. The van der Waals surface area contributed by atoms with Crippen molar-refractivity contribution < 1.29 is 34.0 Å². The molecule has 1 aliphatic heterocycles. The summed E-state index contributed by atoms with van der Waals surface area (Å²) in [6.45, 7) is 2.09. The molecule has 1 fully saturated rings. The Bertz CT molecular complexity index is 1280. The number of amides is 1. The summed E-state index contributed by atoms with van der Waals surface area (Å²) in [6, 6.07) is 23.0. The van der Waals surface area contributed by atoms with Crippen LogP contribution in [-0.4, -0.2) is 41.1 Å². The summed E-state index contributed by atoms with van der Waals surface area (Å²) in [6.07, 6.45) is -0.751. The molecule has 1 amide bonds. The van der Waals surface area contributed by atoms with Gasteiger partial charge in [0.05, 0.1) is 25.9 Å². The fourth-order valence-electron chi connectivity index (χ4n) is 4.61. The van der Waals surface area contributed by atoms with Crippen molar-refractivity contribution in [1.29, 1.82) is 0 Å². The molecular formula is C31H35NO7S. The fraction of sp³-hybridized carbons (Fsp3) is 0.355. The molecule has 4 rings (SSSR count). The van der Waals surface area contributed by atoms with Crippen LogP contribution in [0.15, 0.2) is 77.7 Å². The summed E-state index contributed by atoms with van der Waals surface area (Å²) in [7, 11) is 1.66. The van der Waals surface area contributed by atoms with Crippen LogP contribution in [0, 0.1) is 5.92 Å². The van der Waals surface area contributed by atoms with Crippen molar-refractivity contribution in [1.82, 2.24) is 0 Å². The third kappa shape index (κ3) is 7.85. The maximum Gasteiger partial charge on any atom is 0.303 e. The first-order valence-electron chi connectivity index (χ1n) is 13.3. The van der Waals surface area contributed by atoms with E-state index in [0.29, 0.717) is 11.4 Å². The zero-order valence-electron chi connectivity index (χ0n) is 22.6. The lowest BCUT2D eigenvalue weighted by atomic mass is 9.91. The molecule has 1 saturated heterocycles. The first-order valence-corrected chi connectivity index (χ1v) is 14.2. The van der Waals surface area contributed by atoms with Gasteiger partial charge in [-0.25, -0.2) is 0 Å². The zero-order valence-corrected chi connectivity index (χ0v) is 23.4. The van der Waals surface area contributed by atoms with E-state index in [1.807, 2.05) is 66.7 Å². The van der Waals surface area contributed by atoms with E-state index in [-0.39, 0.29) is 49.9 Å². The lowest BCUT2D eigenvalue weighted by Crippen LogP contribution is -2.38. The molecule has 1 aliphatic rings. The van der Waals surface area contributed by atoms with E-state index in [4.69, 9.17) is 19.3 Å². The first-order chi connectivity index (χ1) is 19.4. The lowest BCUT2D eigenvalue weighted by molar-refractivity contribution is -0.268. The molecule has 3 aromatic rings. The topological polar surface area (TPSA) is 114 Å². The summed E-state index contributed by atoms with van der Waals surface area (Å²) < 4.78 is 18.6. The van der Waals surface area contributed by atoms with Crippen molar-refractivity contribution in [2.24, 2.45) is 5.92 Å². The van der Waals surface area contributed by atoms with E-state index in [1.165, 1.54) is 0 Å². The van der Waals surface area contributed by atoms with E-state index in [0.717, 1.165) is 27.3 Å². The van der Waals surface area contributed by atoms with Crippen LogP contribution in [0.2, 0.25) is 0 Å². The van der Waals surface area contributed by atoms with E-state index in [1.54, 1.807) is 24.9 Å². The molecule has 4 unspecified atom stereocenters. The fourth-order valence-corrected chi connectivity index (χ4v) is 5.80. The number of hydrogen-bond acceptors (Lipinski definition) is 7. The average molecular weight is 566 g/mol. The molecule has 0 bridgehead atoms. The van der Waals surface area contributed by atoms with Crippen LogP contribution < -0.4 is 10.1 Å². The number of para-hydroxylation sites is 1. The van der Waals surface area contributed by atoms with Crippen molar-refractivity contribution in [2.45, 2.75) is 56.2 Å². The standard InChI is InChI=1S/C31H35NO7S/c1-20-26(19-40-27-10-4-3-9-25(27)37-2)38-31(39-30(20)22-15-13-21(18-33)14-16-22)23-7-5-8-24(17-23)32-28(34)11-6-12-29(35)36/h3-5,7-10,13-17,20,26,30-31,33H,6,11-12,18-19H2,1-2H3,(H,32,34)(H,35,36). The number of ether oxygens (including phenoxy) is 3. The van der Waals surface area contributed by atoms with Crippen molar-refractivity contribution >= 4 is 29.3 Å². The summed E-state index contributed by atoms with van der Waals surface area (Å²) in [5.74, 6) is 0.342. The number of carbonyl (C=O) groups excluding carboxylic acids is 1. The molecule has 0 aliphatic carbocycles. The monoisotopic (exact) mass is 565 g/mol. The number of carboxylic acid groups (broad SMARTS) is 1. The summed E-state index contributed by atoms with van der Waals surface area (Å²) in [4.78, 5) is 24.1. The van der Waals surface area contributed by atoms with Gasteiger partial charge in [-0.2, -0.15) is 0 Å². The lowest BCUT2D eigenvalue weighted by Gasteiger charge is -2.41. The number of benzene rings is 3. The minimum absolute atomic E-state index is 0.0237. The van der Waals surface area contributed by atoms with Gasteiger partial charge in [0, 0.05) is 40.7 Å². The number of thioether (sulfide) groups is 1. The Labute approximate surface area is 238 Å². The average Bonchev–Trinajstić information content (AvgIpc) is 2.96. The Morgan fingerprint density at radius 2 is 1.75 bits per heavy atom. The Hall–Kier alpha value is -3.37. The largest absolute Gasteiger partial charge is 0.496 e. The first kappa shape index (κ1) is 29.6. The van der Waals surface area contributed by atoms with Crippen molar-refractivity contribution in [3.05, 3.63) is 89.5 Å². The summed E-state index contributed by atoms with van der Waals surface area (Å²) >= 11 is 1.67. The van der Waals surface area contributed by atoms with Gasteiger partial charge >= 0.3 is 5.97 Å². The van der Waals surface area contributed by atoms with Crippen LogP contribution in [0.4, 0.5) is 5.69 Å². The second-order valence-corrected chi connectivity index (χ2v) is 10.8. The summed E-state index contributed by atoms with van der Waals surface area (Å²) in [5.41, 5.74) is 3.18. The molecule has 3 aromatic carbocycles. The van der Waals surface area contributed by atoms with Gasteiger partial charge in [0.25, 0.3) is 0 Å². The van der Waals surface area contributed by atoms with E-state index < -0.39 is 12.3 Å². The highest BCUT2D eigenvalue weighted by molar-refractivity contribution is 7.99. The molecule has 0 aromatic heterocycles. The Kier molecular flexibility index (Phi) is 10.6. The second-order valence-electron chi connectivity index (χ2n) is 9.70.